The quantitative estimate of drug-likeness (QED) is 0.558. The van der Waals surface area contributed by atoms with Crippen LogP contribution in [0.3, 0.4) is 0 Å². The third kappa shape index (κ3) is 1.95. The van der Waals surface area contributed by atoms with Crippen LogP contribution in [0.4, 0.5) is 0 Å². The zero-order valence-electron chi connectivity index (χ0n) is 7.38. The van der Waals surface area contributed by atoms with Gasteiger partial charge in [-0.2, -0.15) is 0 Å². The molecule has 3 aromatic rings. The monoisotopic (exact) mass is 187 g/mol. The molecule has 0 aliphatic carbocycles. The van der Waals surface area contributed by atoms with E-state index < -0.39 is 0 Å². The Morgan fingerprint density at radius 3 is 2.71 bits per heavy atom. The highest BCUT2D eigenvalue weighted by Crippen LogP contribution is 2.05. The average molecular weight is 187 g/mol. The first-order valence-corrected chi connectivity index (χ1v) is 4.15. The molecule has 0 radical (unpaired) electrons. The molecule has 5 nitrogen and oxygen atoms in total. The van der Waals surface area contributed by atoms with Gasteiger partial charge in [-0.15, -0.1) is 5.10 Å². The Kier molecular flexibility index (Phi) is 2.51. The summed E-state index contributed by atoms with van der Waals surface area (Å²) < 4.78 is 0. The molecule has 0 saturated carbocycles. The molecule has 14 heavy (non-hydrogen) atoms. The summed E-state index contributed by atoms with van der Waals surface area (Å²) in [6.45, 7) is 0. The van der Waals surface area contributed by atoms with Crippen LogP contribution in [0.1, 0.15) is 0 Å². The number of pyridine rings is 1. The van der Waals surface area contributed by atoms with Gasteiger partial charge >= 0.3 is 0 Å². The SMILES string of the molecule is c1c[nH]nn1.c1cnc2cc[nH]c2c1. The van der Waals surface area contributed by atoms with Gasteiger partial charge in [0.05, 0.1) is 17.2 Å². The van der Waals surface area contributed by atoms with Crippen molar-refractivity contribution in [2.24, 2.45) is 0 Å². The van der Waals surface area contributed by atoms with E-state index in [1.54, 1.807) is 18.6 Å². The van der Waals surface area contributed by atoms with Gasteiger partial charge in [0.2, 0.25) is 0 Å². The molecule has 0 bridgehead atoms. The van der Waals surface area contributed by atoms with Gasteiger partial charge < -0.3 is 4.98 Å². The normalized spacial score (nSPS) is 9.43. The minimum Gasteiger partial charge on any atom is -0.360 e. The smallest absolute Gasteiger partial charge is 0.0878 e. The molecular weight excluding hydrogens is 178 g/mol. The summed E-state index contributed by atoms with van der Waals surface area (Å²) in [5, 5.41) is 9.26. The minimum absolute atomic E-state index is 1.03. The van der Waals surface area contributed by atoms with Crippen molar-refractivity contribution in [2.75, 3.05) is 0 Å². The van der Waals surface area contributed by atoms with Gasteiger partial charge in [-0.05, 0) is 18.2 Å². The van der Waals surface area contributed by atoms with E-state index in [1.165, 1.54) is 0 Å². The van der Waals surface area contributed by atoms with Crippen LogP contribution in [0, 0.1) is 0 Å². The van der Waals surface area contributed by atoms with Crippen molar-refractivity contribution in [3.8, 4) is 0 Å². The Balaban J connectivity index is 0.000000128. The van der Waals surface area contributed by atoms with Crippen LogP contribution in [0.5, 0.6) is 0 Å². The van der Waals surface area contributed by atoms with E-state index in [0.717, 1.165) is 11.0 Å². The van der Waals surface area contributed by atoms with Crippen molar-refractivity contribution in [2.45, 2.75) is 0 Å². The number of nitrogens with zero attached hydrogens (tertiary/aromatic N) is 3. The first-order chi connectivity index (χ1) is 6.97. The van der Waals surface area contributed by atoms with Gasteiger partial charge in [-0.25, -0.2) is 0 Å². The molecule has 0 saturated heterocycles. The van der Waals surface area contributed by atoms with Crippen LogP contribution in [0.25, 0.3) is 11.0 Å². The molecule has 0 amide bonds. The molecule has 0 spiro atoms. The van der Waals surface area contributed by atoms with Crippen LogP contribution in [-0.4, -0.2) is 25.4 Å². The zero-order chi connectivity index (χ0) is 9.64. The third-order valence-electron chi connectivity index (χ3n) is 1.65. The highest BCUT2D eigenvalue weighted by atomic mass is 15.3. The van der Waals surface area contributed by atoms with Crippen LogP contribution >= 0.6 is 0 Å². The third-order valence-corrected chi connectivity index (χ3v) is 1.65. The van der Waals surface area contributed by atoms with E-state index in [9.17, 15) is 0 Å². The highest BCUT2D eigenvalue weighted by molar-refractivity contribution is 5.73. The molecule has 0 aliphatic heterocycles. The number of nitrogens with one attached hydrogen (secondary N) is 2. The zero-order valence-corrected chi connectivity index (χ0v) is 7.38. The van der Waals surface area contributed by atoms with Crippen molar-refractivity contribution in [3.05, 3.63) is 43.0 Å². The van der Waals surface area contributed by atoms with E-state index in [-0.39, 0.29) is 0 Å². The summed E-state index contributed by atoms with van der Waals surface area (Å²) in [4.78, 5) is 7.17. The van der Waals surface area contributed by atoms with E-state index in [1.807, 2.05) is 24.4 Å². The highest BCUT2D eigenvalue weighted by Gasteiger charge is 1.88. The number of hydrogen-bond donors (Lipinski definition) is 2. The Labute approximate surface area is 80.2 Å². The summed E-state index contributed by atoms with van der Waals surface area (Å²) >= 11 is 0. The lowest BCUT2D eigenvalue weighted by Gasteiger charge is -1.82. The van der Waals surface area contributed by atoms with Crippen LogP contribution in [0.15, 0.2) is 43.0 Å². The summed E-state index contributed by atoms with van der Waals surface area (Å²) in [5.41, 5.74) is 2.12. The minimum atomic E-state index is 1.03. The summed E-state index contributed by atoms with van der Waals surface area (Å²) in [7, 11) is 0. The van der Waals surface area contributed by atoms with Gasteiger partial charge in [0.15, 0.2) is 0 Å². The number of aromatic nitrogens is 5. The average Bonchev–Trinajstić information content (AvgIpc) is 2.92. The molecule has 70 valence electrons. The summed E-state index contributed by atoms with van der Waals surface area (Å²) in [5.74, 6) is 0. The Hall–Kier alpha value is -2.17. The van der Waals surface area contributed by atoms with Crippen LogP contribution < -0.4 is 0 Å². The lowest BCUT2D eigenvalue weighted by molar-refractivity contribution is 0.940. The van der Waals surface area contributed by atoms with E-state index in [2.05, 4.69) is 25.4 Å². The second kappa shape index (κ2) is 4.18. The number of hydrogen-bond acceptors (Lipinski definition) is 3. The number of fused-ring (bicyclic) bond motifs is 1. The maximum atomic E-state index is 4.11. The maximum Gasteiger partial charge on any atom is 0.0878 e. The van der Waals surface area contributed by atoms with Crippen molar-refractivity contribution in [1.82, 2.24) is 25.4 Å². The molecule has 0 unspecified atom stereocenters. The van der Waals surface area contributed by atoms with Gasteiger partial charge in [0.25, 0.3) is 0 Å². The molecule has 0 aromatic carbocycles. The molecule has 5 heteroatoms. The van der Waals surface area contributed by atoms with Gasteiger partial charge in [-0.1, -0.05) is 5.21 Å². The fourth-order valence-electron chi connectivity index (χ4n) is 1.05. The fraction of sp³-hybridized carbons (Fsp3) is 0. The van der Waals surface area contributed by atoms with E-state index >= 15 is 0 Å². The molecule has 0 aliphatic rings. The number of rotatable bonds is 0. The maximum absolute atomic E-state index is 4.11. The lowest BCUT2D eigenvalue weighted by atomic mass is 10.4. The lowest BCUT2D eigenvalue weighted by Crippen LogP contribution is -1.68. The van der Waals surface area contributed by atoms with Crippen LogP contribution in [-0.2, 0) is 0 Å². The Morgan fingerprint density at radius 1 is 1.07 bits per heavy atom. The predicted molar refractivity (Wildman–Crippen MR) is 52.5 cm³/mol. The Morgan fingerprint density at radius 2 is 2.07 bits per heavy atom. The standard InChI is InChI=1S/C7H6N2.C2H3N3/c1-2-6-7(8-4-1)3-5-9-6;1-2-4-5-3-1/h1-5,9H;1-2H,(H,3,4,5). The Bertz CT molecular complexity index is 423. The molecule has 0 fully saturated rings. The van der Waals surface area contributed by atoms with Crippen molar-refractivity contribution >= 4 is 11.0 Å². The predicted octanol–water partition coefficient (Wildman–Crippen LogP) is 1.37. The molecule has 2 N–H and O–H groups in total. The molecular formula is C9H9N5. The molecule has 0 atom stereocenters. The first kappa shape index (κ1) is 8.43. The second-order valence-corrected chi connectivity index (χ2v) is 2.57. The topological polar surface area (TPSA) is 70.2 Å². The summed E-state index contributed by atoms with van der Waals surface area (Å²) in [6.07, 6.45) is 6.91. The molecule has 3 heterocycles. The van der Waals surface area contributed by atoms with Gasteiger partial charge in [0.1, 0.15) is 0 Å². The largest absolute Gasteiger partial charge is 0.360 e. The van der Waals surface area contributed by atoms with E-state index in [4.69, 9.17) is 0 Å². The second-order valence-electron chi connectivity index (χ2n) is 2.57. The molecule has 3 aromatic heterocycles. The molecule has 3 rings (SSSR count). The fourth-order valence-corrected chi connectivity index (χ4v) is 1.05. The van der Waals surface area contributed by atoms with E-state index in [0.29, 0.717) is 0 Å². The van der Waals surface area contributed by atoms with Crippen molar-refractivity contribution in [3.63, 3.8) is 0 Å². The van der Waals surface area contributed by atoms with Gasteiger partial charge in [0, 0.05) is 18.6 Å². The number of aromatic amines is 2. The van der Waals surface area contributed by atoms with Crippen LogP contribution in [0.2, 0.25) is 0 Å². The van der Waals surface area contributed by atoms with Crippen molar-refractivity contribution in [1.29, 1.82) is 0 Å². The summed E-state index contributed by atoms with van der Waals surface area (Å²) in [6, 6.07) is 5.87. The van der Waals surface area contributed by atoms with Gasteiger partial charge in [-0.3, -0.25) is 10.1 Å². The first-order valence-electron chi connectivity index (χ1n) is 4.15. The number of H-pyrrole nitrogens is 2. The van der Waals surface area contributed by atoms with Crippen molar-refractivity contribution < 1.29 is 0 Å².